The Bertz CT molecular complexity index is 385. The zero-order valence-electron chi connectivity index (χ0n) is 9.07. The van der Waals surface area contributed by atoms with E-state index in [-0.39, 0.29) is 11.8 Å². The summed E-state index contributed by atoms with van der Waals surface area (Å²) in [6.45, 7) is 2.36. The standard InChI is InChI=1S/C12H14N2O2/c1-2-13-11(15)8-9-12(16)14-10-6-4-3-5-7-10/h3-9H,2H2,1H3,(H,13,15)(H,14,16)/b9-8-. The fourth-order valence-electron chi connectivity index (χ4n) is 1.09. The van der Waals surface area contributed by atoms with E-state index in [9.17, 15) is 9.59 Å². The molecule has 4 nitrogen and oxygen atoms in total. The van der Waals surface area contributed by atoms with Gasteiger partial charge in [-0.2, -0.15) is 0 Å². The minimum Gasteiger partial charge on any atom is -0.353 e. The third-order valence-corrected chi connectivity index (χ3v) is 1.78. The van der Waals surface area contributed by atoms with Crippen LogP contribution in [0.3, 0.4) is 0 Å². The van der Waals surface area contributed by atoms with E-state index in [0.29, 0.717) is 12.2 Å². The van der Waals surface area contributed by atoms with Crippen molar-refractivity contribution < 1.29 is 9.59 Å². The lowest BCUT2D eigenvalue weighted by Crippen LogP contribution is -2.20. The number of benzene rings is 1. The van der Waals surface area contributed by atoms with E-state index in [0.717, 1.165) is 0 Å². The van der Waals surface area contributed by atoms with Gasteiger partial charge in [0.05, 0.1) is 0 Å². The Morgan fingerprint density at radius 2 is 1.75 bits per heavy atom. The molecule has 0 aromatic heterocycles. The highest BCUT2D eigenvalue weighted by molar-refractivity contribution is 6.03. The van der Waals surface area contributed by atoms with Crippen molar-refractivity contribution >= 4 is 17.5 Å². The van der Waals surface area contributed by atoms with Crippen LogP contribution in [0, 0.1) is 0 Å². The number of carbonyl (C=O) groups excluding carboxylic acids is 2. The van der Waals surface area contributed by atoms with Crippen molar-refractivity contribution in [3.05, 3.63) is 42.5 Å². The molecule has 0 fully saturated rings. The second-order valence-corrected chi connectivity index (χ2v) is 3.08. The molecule has 1 aromatic carbocycles. The Labute approximate surface area is 94.4 Å². The summed E-state index contributed by atoms with van der Waals surface area (Å²) in [7, 11) is 0. The van der Waals surface area contributed by atoms with E-state index >= 15 is 0 Å². The first-order valence-corrected chi connectivity index (χ1v) is 5.04. The average molecular weight is 218 g/mol. The third kappa shape index (κ3) is 4.41. The van der Waals surface area contributed by atoms with Gasteiger partial charge in [-0.1, -0.05) is 18.2 Å². The number of rotatable bonds is 4. The number of nitrogens with one attached hydrogen (secondary N) is 2. The van der Waals surface area contributed by atoms with Gasteiger partial charge in [-0.3, -0.25) is 9.59 Å². The summed E-state index contributed by atoms with van der Waals surface area (Å²) in [6.07, 6.45) is 2.42. The minimum absolute atomic E-state index is 0.272. The molecule has 0 spiro atoms. The molecular formula is C12H14N2O2. The topological polar surface area (TPSA) is 58.2 Å². The summed E-state index contributed by atoms with van der Waals surface area (Å²) < 4.78 is 0. The largest absolute Gasteiger partial charge is 0.353 e. The predicted molar refractivity (Wildman–Crippen MR) is 62.9 cm³/mol. The van der Waals surface area contributed by atoms with Crippen molar-refractivity contribution in [2.75, 3.05) is 11.9 Å². The van der Waals surface area contributed by atoms with Gasteiger partial charge in [0.15, 0.2) is 0 Å². The van der Waals surface area contributed by atoms with E-state index in [1.165, 1.54) is 12.2 Å². The van der Waals surface area contributed by atoms with Gasteiger partial charge in [0, 0.05) is 24.4 Å². The van der Waals surface area contributed by atoms with Gasteiger partial charge in [0.25, 0.3) is 0 Å². The highest BCUT2D eigenvalue weighted by atomic mass is 16.2. The maximum absolute atomic E-state index is 11.3. The molecule has 0 aliphatic heterocycles. The molecule has 0 bridgehead atoms. The summed E-state index contributed by atoms with van der Waals surface area (Å²) in [6, 6.07) is 9.06. The van der Waals surface area contributed by atoms with Gasteiger partial charge >= 0.3 is 0 Å². The smallest absolute Gasteiger partial charge is 0.248 e. The second-order valence-electron chi connectivity index (χ2n) is 3.08. The van der Waals surface area contributed by atoms with Crippen molar-refractivity contribution in [1.82, 2.24) is 5.32 Å². The Morgan fingerprint density at radius 3 is 2.38 bits per heavy atom. The highest BCUT2D eigenvalue weighted by Crippen LogP contribution is 2.04. The molecular weight excluding hydrogens is 204 g/mol. The van der Waals surface area contributed by atoms with Crippen molar-refractivity contribution in [3.8, 4) is 0 Å². The van der Waals surface area contributed by atoms with E-state index < -0.39 is 0 Å². The summed E-state index contributed by atoms with van der Waals surface area (Å²) in [5.74, 6) is -0.594. The Kier molecular flexibility index (Phi) is 4.79. The summed E-state index contributed by atoms with van der Waals surface area (Å²) >= 11 is 0. The first-order chi connectivity index (χ1) is 7.72. The normalized spacial score (nSPS) is 10.1. The van der Waals surface area contributed by atoms with Gasteiger partial charge in [0.1, 0.15) is 0 Å². The van der Waals surface area contributed by atoms with Gasteiger partial charge in [0.2, 0.25) is 11.8 Å². The monoisotopic (exact) mass is 218 g/mol. The molecule has 0 aliphatic rings. The highest BCUT2D eigenvalue weighted by Gasteiger charge is 1.97. The summed E-state index contributed by atoms with van der Waals surface area (Å²) in [4.78, 5) is 22.4. The lowest BCUT2D eigenvalue weighted by molar-refractivity contribution is -0.117. The second kappa shape index (κ2) is 6.40. The lowest BCUT2D eigenvalue weighted by atomic mass is 10.3. The van der Waals surface area contributed by atoms with Crippen LogP contribution in [0.25, 0.3) is 0 Å². The van der Waals surface area contributed by atoms with Crippen molar-refractivity contribution in [2.45, 2.75) is 6.92 Å². The summed E-state index contributed by atoms with van der Waals surface area (Å²) in [5, 5.41) is 5.19. The van der Waals surface area contributed by atoms with Crippen LogP contribution in [-0.4, -0.2) is 18.4 Å². The van der Waals surface area contributed by atoms with Crippen LogP contribution in [0.4, 0.5) is 5.69 Å². The zero-order chi connectivity index (χ0) is 11.8. The van der Waals surface area contributed by atoms with Crippen LogP contribution in [0.1, 0.15) is 6.92 Å². The van der Waals surface area contributed by atoms with Gasteiger partial charge in [-0.15, -0.1) is 0 Å². The number of anilines is 1. The van der Waals surface area contributed by atoms with Crippen LogP contribution in [-0.2, 0) is 9.59 Å². The fourth-order valence-corrected chi connectivity index (χ4v) is 1.09. The molecule has 0 radical (unpaired) electrons. The molecule has 0 saturated heterocycles. The van der Waals surface area contributed by atoms with Crippen LogP contribution in [0.15, 0.2) is 42.5 Å². The molecule has 0 heterocycles. The number of hydrogen-bond acceptors (Lipinski definition) is 2. The number of amides is 2. The fraction of sp³-hybridized carbons (Fsp3) is 0.167. The third-order valence-electron chi connectivity index (χ3n) is 1.78. The molecule has 84 valence electrons. The molecule has 0 aliphatic carbocycles. The molecule has 0 saturated carbocycles. The van der Waals surface area contributed by atoms with Crippen molar-refractivity contribution in [1.29, 1.82) is 0 Å². The van der Waals surface area contributed by atoms with Crippen LogP contribution in [0.2, 0.25) is 0 Å². The van der Waals surface area contributed by atoms with Gasteiger partial charge in [-0.05, 0) is 19.1 Å². The number of hydrogen-bond donors (Lipinski definition) is 2. The van der Waals surface area contributed by atoms with E-state index in [2.05, 4.69) is 10.6 Å². The maximum Gasteiger partial charge on any atom is 0.248 e. The van der Waals surface area contributed by atoms with Crippen molar-refractivity contribution in [2.24, 2.45) is 0 Å². The van der Waals surface area contributed by atoms with Crippen LogP contribution in [0.5, 0.6) is 0 Å². The average Bonchev–Trinajstić information content (AvgIpc) is 2.28. The molecule has 2 amide bonds. The van der Waals surface area contributed by atoms with Crippen LogP contribution >= 0.6 is 0 Å². The van der Waals surface area contributed by atoms with E-state index in [4.69, 9.17) is 0 Å². The SMILES string of the molecule is CCNC(=O)/C=C\C(=O)Nc1ccccc1. The zero-order valence-corrected chi connectivity index (χ0v) is 9.07. The quantitative estimate of drug-likeness (QED) is 0.749. The summed E-state index contributed by atoms with van der Waals surface area (Å²) in [5.41, 5.74) is 0.702. The molecule has 0 unspecified atom stereocenters. The first kappa shape index (κ1) is 12.0. The minimum atomic E-state index is -0.322. The van der Waals surface area contributed by atoms with Crippen molar-refractivity contribution in [3.63, 3.8) is 0 Å². The lowest BCUT2D eigenvalue weighted by Gasteiger charge is -2.00. The predicted octanol–water partition coefficient (Wildman–Crippen LogP) is 1.32. The number of carbonyl (C=O) groups is 2. The van der Waals surface area contributed by atoms with Gasteiger partial charge < -0.3 is 10.6 Å². The Morgan fingerprint density at radius 1 is 1.12 bits per heavy atom. The molecule has 4 heteroatoms. The Hall–Kier alpha value is -2.10. The van der Waals surface area contributed by atoms with Crippen LogP contribution < -0.4 is 10.6 Å². The molecule has 0 atom stereocenters. The molecule has 2 N–H and O–H groups in total. The maximum atomic E-state index is 11.3. The number of para-hydroxylation sites is 1. The van der Waals surface area contributed by atoms with E-state index in [1.54, 1.807) is 12.1 Å². The molecule has 1 rings (SSSR count). The molecule has 1 aromatic rings. The first-order valence-electron chi connectivity index (χ1n) is 5.04. The van der Waals surface area contributed by atoms with Gasteiger partial charge in [-0.25, -0.2) is 0 Å². The molecule has 16 heavy (non-hydrogen) atoms. The van der Waals surface area contributed by atoms with E-state index in [1.807, 2.05) is 25.1 Å². The Balaban J connectivity index is 2.45. The number of likely N-dealkylation sites (N-methyl/N-ethyl adjacent to an activating group) is 1.